The third-order valence-electron chi connectivity index (χ3n) is 3.90. The fourth-order valence-electron chi connectivity index (χ4n) is 2.57. The standard InChI is InChI=1S/C18H20N4O4/c1-3-4-9-14(17(23)19-15-10-11(2)26-22-15)25-18(24)16-12-7-5-6-8-13(12)20-21-16/h5-8,10,14H,3-4,9H2,1-2H3,(H,20,21)(H,19,22,23)/t14-/m1/s1. The highest BCUT2D eigenvalue weighted by molar-refractivity contribution is 6.03. The maximum absolute atomic E-state index is 12.5. The van der Waals surface area contributed by atoms with Gasteiger partial charge >= 0.3 is 5.97 Å². The number of para-hydroxylation sites is 1. The molecule has 0 aliphatic rings. The number of nitrogens with zero attached hydrogens (tertiary/aromatic N) is 2. The van der Waals surface area contributed by atoms with Crippen molar-refractivity contribution in [3.05, 3.63) is 41.8 Å². The zero-order valence-corrected chi connectivity index (χ0v) is 14.6. The molecule has 1 aromatic carbocycles. The van der Waals surface area contributed by atoms with Crippen molar-refractivity contribution in [1.29, 1.82) is 0 Å². The Morgan fingerprint density at radius 3 is 2.88 bits per heavy atom. The lowest BCUT2D eigenvalue weighted by atomic mass is 10.1. The van der Waals surface area contributed by atoms with E-state index in [1.54, 1.807) is 19.1 Å². The zero-order chi connectivity index (χ0) is 18.5. The van der Waals surface area contributed by atoms with Crippen molar-refractivity contribution >= 4 is 28.6 Å². The molecule has 0 aliphatic carbocycles. The van der Waals surface area contributed by atoms with Gasteiger partial charge in [-0.3, -0.25) is 9.89 Å². The van der Waals surface area contributed by atoms with E-state index in [0.717, 1.165) is 18.4 Å². The molecular formula is C18H20N4O4. The molecule has 1 amide bonds. The summed E-state index contributed by atoms with van der Waals surface area (Å²) >= 11 is 0. The number of rotatable bonds is 7. The van der Waals surface area contributed by atoms with Gasteiger partial charge < -0.3 is 14.6 Å². The van der Waals surface area contributed by atoms with Crippen LogP contribution in [0.25, 0.3) is 10.9 Å². The molecule has 26 heavy (non-hydrogen) atoms. The number of aromatic nitrogens is 3. The minimum absolute atomic E-state index is 0.159. The van der Waals surface area contributed by atoms with Gasteiger partial charge in [-0.05, 0) is 25.8 Å². The molecule has 8 nitrogen and oxygen atoms in total. The Balaban J connectivity index is 1.74. The van der Waals surface area contributed by atoms with Crippen LogP contribution in [0.15, 0.2) is 34.9 Å². The molecule has 0 saturated carbocycles. The number of hydrogen-bond acceptors (Lipinski definition) is 6. The van der Waals surface area contributed by atoms with Crippen LogP contribution in [0, 0.1) is 6.92 Å². The Hall–Kier alpha value is -3.16. The van der Waals surface area contributed by atoms with E-state index in [2.05, 4.69) is 20.7 Å². The van der Waals surface area contributed by atoms with E-state index < -0.39 is 18.0 Å². The lowest BCUT2D eigenvalue weighted by molar-refractivity contribution is -0.125. The number of carbonyl (C=O) groups is 2. The summed E-state index contributed by atoms with van der Waals surface area (Å²) in [5.41, 5.74) is 0.888. The number of amides is 1. The van der Waals surface area contributed by atoms with Crippen LogP contribution in [0.1, 0.15) is 42.4 Å². The molecule has 2 heterocycles. The van der Waals surface area contributed by atoms with Gasteiger partial charge in [-0.1, -0.05) is 36.7 Å². The van der Waals surface area contributed by atoms with Gasteiger partial charge in [0.15, 0.2) is 17.6 Å². The SMILES string of the molecule is CCCC[C@@H](OC(=O)c1n[nH]c2ccccc12)C(=O)Nc1cc(C)on1. The monoisotopic (exact) mass is 356 g/mol. The second-order valence-electron chi connectivity index (χ2n) is 5.97. The molecule has 0 unspecified atom stereocenters. The summed E-state index contributed by atoms with van der Waals surface area (Å²) in [6.07, 6.45) is 1.09. The zero-order valence-electron chi connectivity index (χ0n) is 14.6. The number of hydrogen-bond donors (Lipinski definition) is 2. The molecule has 1 atom stereocenters. The first-order valence-corrected chi connectivity index (χ1v) is 8.46. The van der Waals surface area contributed by atoms with Crippen molar-refractivity contribution in [2.24, 2.45) is 0 Å². The third-order valence-corrected chi connectivity index (χ3v) is 3.90. The number of anilines is 1. The Kier molecular flexibility index (Phi) is 5.31. The number of ether oxygens (including phenoxy) is 1. The van der Waals surface area contributed by atoms with Gasteiger partial charge in [0, 0.05) is 11.5 Å². The number of benzene rings is 1. The topological polar surface area (TPSA) is 110 Å². The van der Waals surface area contributed by atoms with Gasteiger partial charge in [0.2, 0.25) is 0 Å². The molecule has 136 valence electrons. The predicted molar refractivity (Wildman–Crippen MR) is 94.7 cm³/mol. The maximum atomic E-state index is 12.5. The number of carbonyl (C=O) groups excluding carboxylic acids is 2. The molecule has 0 spiro atoms. The average Bonchev–Trinajstić information content (AvgIpc) is 3.24. The molecule has 8 heteroatoms. The van der Waals surface area contributed by atoms with Crippen LogP contribution >= 0.6 is 0 Å². The summed E-state index contributed by atoms with van der Waals surface area (Å²) < 4.78 is 10.4. The minimum Gasteiger partial charge on any atom is -0.447 e. The van der Waals surface area contributed by atoms with Crippen molar-refractivity contribution in [3.63, 3.8) is 0 Å². The number of aryl methyl sites for hydroxylation is 1. The lowest BCUT2D eigenvalue weighted by Crippen LogP contribution is -2.33. The minimum atomic E-state index is -0.935. The summed E-state index contributed by atoms with van der Waals surface area (Å²) in [4.78, 5) is 25.0. The number of esters is 1. The van der Waals surface area contributed by atoms with Crippen molar-refractivity contribution in [1.82, 2.24) is 15.4 Å². The number of unbranched alkanes of at least 4 members (excludes halogenated alkanes) is 1. The number of nitrogens with one attached hydrogen (secondary N) is 2. The summed E-state index contributed by atoms with van der Waals surface area (Å²) in [6, 6.07) is 8.83. The molecular weight excluding hydrogens is 336 g/mol. The van der Waals surface area contributed by atoms with Crippen LogP contribution in [0.3, 0.4) is 0 Å². The highest BCUT2D eigenvalue weighted by Gasteiger charge is 2.26. The molecule has 0 saturated heterocycles. The molecule has 0 bridgehead atoms. The van der Waals surface area contributed by atoms with E-state index in [1.807, 2.05) is 25.1 Å². The fraction of sp³-hybridized carbons (Fsp3) is 0.333. The lowest BCUT2D eigenvalue weighted by Gasteiger charge is -2.16. The summed E-state index contributed by atoms with van der Waals surface area (Å²) in [5.74, 6) is -0.226. The van der Waals surface area contributed by atoms with Gasteiger partial charge in [-0.25, -0.2) is 4.79 Å². The van der Waals surface area contributed by atoms with Crippen molar-refractivity contribution in [3.8, 4) is 0 Å². The highest BCUT2D eigenvalue weighted by atomic mass is 16.5. The van der Waals surface area contributed by atoms with Gasteiger partial charge in [0.25, 0.3) is 5.91 Å². The molecule has 0 aliphatic heterocycles. The molecule has 2 N–H and O–H groups in total. The van der Waals surface area contributed by atoms with Crippen LogP contribution in [-0.2, 0) is 9.53 Å². The molecule has 3 aromatic rings. The van der Waals surface area contributed by atoms with Crippen LogP contribution in [0.5, 0.6) is 0 Å². The van der Waals surface area contributed by atoms with Crippen molar-refractivity contribution in [2.45, 2.75) is 39.2 Å². The second kappa shape index (κ2) is 7.81. The molecule has 3 rings (SSSR count). The van der Waals surface area contributed by atoms with Crippen molar-refractivity contribution < 1.29 is 18.8 Å². The molecule has 0 radical (unpaired) electrons. The molecule has 0 fully saturated rings. The van der Waals surface area contributed by atoms with Crippen LogP contribution in [0.2, 0.25) is 0 Å². The third kappa shape index (κ3) is 3.90. The smallest absolute Gasteiger partial charge is 0.360 e. The van der Waals surface area contributed by atoms with E-state index in [9.17, 15) is 9.59 Å². The Morgan fingerprint density at radius 2 is 2.15 bits per heavy atom. The number of H-pyrrole nitrogens is 1. The number of aromatic amines is 1. The highest BCUT2D eigenvalue weighted by Crippen LogP contribution is 2.18. The van der Waals surface area contributed by atoms with E-state index in [-0.39, 0.29) is 11.5 Å². The summed E-state index contributed by atoms with van der Waals surface area (Å²) in [5, 5.41) is 13.8. The Morgan fingerprint density at radius 1 is 1.35 bits per heavy atom. The Bertz CT molecular complexity index is 915. The van der Waals surface area contributed by atoms with Crippen LogP contribution < -0.4 is 5.32 Å². The Labute approximate surface area is 149 Å². The summed E-state index contributed by atoms with van der Waals surface area (Å²) in [6.45, 7) is 3.72. The average molecular weight is 356 g/mol. The summed E-state index contributed by atoms with van der Waals surface area (Å²) in [7, 11) is 0. The van der Waals surface area contributed by atoms with Crippen LogP contribution in [-0.4, -0.2) is 33.3 Å². The predicted octanol–water partition coefficient (Wildman–Crippen LogP) is 3.21. The largest absolute Gasteiger partial charge is 0.447 e. The van der Waals surface area contributed by atoms with E-state index in [1.165, 1.54) is 0 Å². The fourth-order valence-corrected chi connectivity index (χ4v) is 2.57. The van der Waals surface area contributed by atoms with Crippen molar-refractivity contribution in [2.75, 3.05) is 5.32 Å². The first-order valence-electron chi connectivity index (χ1n) is 8.46. The van der Waals surface area contributed by atoms with E-state index >= 15 is 0 Å². The van der Waals surface area contributed by atoms with E-state index in [4.69, 9.17) is 9.26 Å². The maximum Gasteiger partial charge on any atom is 0.360 e. The van der Waals surface area contributed by atoms with Gasteiger partial charge in [0.05, 0.1) is 5.52 Å². The van der Waals surface area contributed by atoms with E-state index in [0.29, 0.717) is 17.6 Å². The van der Waals surface area contributed by atoms with Gasteiger partial charge in [-0.2, -0.15) is 5.10 Å². The van der Waals surface area contributed by atoms with Gasteiger partial charge in [-0.15, -0.1) is 0 Å². The quantitative estimate of drug-likeness (QED) is 0.629. The number of fused-ring (bicyclic) bond motifs is 1. The van der Waals surface area contributed by atoms with Gasteiger partial charge in [0.1, 0.15) is 5.76 Å². The second-order valence-corrected chi connectivity index (χ2v) is 5.97. The molecule has 2 aromatic heterocycles. The van der Waals surface area contributed by atoms with Crippen LogP contribution in [0.4, 0.5) is 5.82 Å². The first-order chi connectivity index (χ1) is 12.6. The normalized spacial score (nSPS) is 12.1. The first kappa shape index (κ1) is 17.7.